The Labute approximate surface area is 244 Å². The van der Waals surface area contributed by atoms with Crippen LogP contribution in [-0.4, -0.2) is 48.7 Å². The Balaban J connectivity index is 1.55. The summed E-state index contributed by atoms with van der Waals surface area (Å²) in [6.07, 6.45) is 1.90. The highest BCUT2D eigenvalue weighted by Crippen LogP contribution is 2.15. The van der Waals surface area contributed by atoms with Gasteiger partial charge in [-0.2, -0.15) is 0 Å². The third-order valence-corrected chi connectivity index (χ3v) is 6.81. The average Bonchev–Trinajstić information content (AvgIpc) is 2.94. The minimum absolute atomic E-state index is 0.00611. The largest absolute Gasteiger partial charge is 0.487 e. The standard InChI is InChI=1S/C34H44O7/c1-23-12-16-29(17-13-23)33(37)20-25(3)21-39-28(6)32(36)11-9-7-8-10-31(35)22-40-26(4)27(5)41-34(38)30-18-14-24(2)15-19-30/h12-19,25,27-28H,4,7-11,20-22H2,1-3,5-6H3. The first-order chi connectivity index (χ1) is 19.5. The van der Waals surface area contributed by atoms with Gasteiger partial charge in [-0.15, -0.1) is 0 Å². The first-order valence-corrected chi connectivity index (χ1v) is 14.3. The van der Waals surface area contributed by atoms with E-state index in [1.54, 1.807) is 26.0 Å². The Morgan fingerprint density at radius 1 is 0.756 bits per heavy atom. The smallest absolute Gasteiger partial charge is 0.338 e. The molecule has 0 radical (unpaired) electrons. The number of unbranched alkanes of at least 4 members (excludes halogenated alkanes) is 2. The molecule has 0 aliphatic heterocycles. The molecule has 0 fully saturated rings. The molecule has 0 aliphatic rings. The van der Waals surface area contributed by atoms with Crippen molar-refractivity contribution in [3.8, 4) is 0 Å². The van der Waals surface area contributed by atoms with E-state index in [-0.39, 0.29) is 35.6 Å². The van der Waals surface area contributed by atoms with Crippen molar-refractivity contribution in [1.29, 1.82) is 0 Å². The summed E-state index contributed by atoms with van der Waals surface area (Å²) in [6.45, 7) is 13.2. The summed E-state index contributed by atoms with van der Waals surface area (Å²) in [5.41, 5.74) is 3.28. The van der Waals surface area contributed by atoms with Gasteiger partial charge in [-0.3, -0.25) is 14.4 Å². The molecule has 2 aromatic rings. The summed E-state index contributed by atoms with van der Waals surface area (Å²) in [5, 5.41) is 0. The normalized spacial score (nSPS) is 13.1. The number of aryl methyl sites for hydroxylation is 2. The molecule has 41 heavy (non-hydrogen) atoms. The lowest BCUT2D eigenvalue weighted by Crippen LogP contribution is -2.24. The van der Waals surface area contributed by atoms with Crippen molar-refractivity contribution in [2.24, 2.45) is 5.92 Å². The molecular formula is C34H44O7. The number of esters is 1. The molecular weight excluding hydrogens is 520 g/mol. The molecule has 7 nitrogen and oxygen atoms in total. The predicted octanol–water partition coefficient (Wildman–Crippen LogP) is 6.78. The Kier molecular flexibility index (Phi) is 14.2. The number of carbonyl (C=O) groups excluding carboxylic acids is 4. The molecule has 0 aromatic heterocycles. The molecule has 0 spiro atoms. The van der Waals surface area contributed by atoms with E-state index in [4.69, 9.17) is 14.2 Å². The van der Waals surface area contributed by atoms with E-state index >= 15 is 0 Å². The van der Waals surface area contributed by atoms with Crippen LogP contribution in [0.5, 0.6) is 0 Å². The average molecular weight is 565 g/mol. The minimum atomic E-state index is -0.691. The van der Waals surface area contributed by atoms with Gasteiger partial charge < -0.3 is 14.2 Å². The van der Waals surface area contributed by atoms with Gasteiger partial charge in [-0.1, -0.05) is 67.4 Å². The highest BCUT2D eigenvalue weighted by atomic mass is 16.6. The Bertz CT molecular complexity index is 1160. The van der Waals surface area contributed by atoms with E-state index in [2.05, 4.69) is 6.58 Å². The third-order valence-electron chi connectivity index (χ3n) is 6.81. The molecule has 0 aliphatic carbocycles. The third kappa shape index (κ3) is 12.6. The van der Waals surface area contributed by atoms with Crippen molar-refractivity contribution >= 4 is 23.3 Å². The lowest BCUT2D eigenvalue weighted by molar-refractivity contribution is -0.130. The quantitative estimate of drug-likeness (QED) is 0.0803. The SMILES string of the molecule is C=C(OCC(=O)CCCCCC(=O)C(C)OCC(C)CC(=O)c1ccc(C)cc1)C(C)OC(=O)c1ccc(C)cc1. The van der Waals surface area contributed by atoms with E-state index < -0.39 is 18.2 Å². The molecule has 3 unspecified atom stereocenters. The van der Waals surface area contributed by atoms with Crippen LogP contribution >= 0.6 is 0 Å². The van der Waals surface area contributed by atoms with Gasteiger partial charge in [-0.05, 0) is 58.6 Å². The molecule has 0 amide bonds. The topological polar surface area (TPSA) is 96.0 Å². The van der Waals surface area contributed by atoms with E-state index in [0.29, 0.717) is 49.8 Å². The van der Waals surface area contributed by atoms with Crippen LogP contribution in [0.15, 0.2) is 60.9 Å². The van der Waals surface area contributed by atoms with Crippen LogP contribution in [0.25, 0.3) is 0 Å². The fraction of sp³-hybridized carbons (Fsp3) is 0.471. The number of hydrogen-bond donors (Lipinski definition) is 0. The van der Waals surface area contributed by atoms with Crippen LogP contribution in [0.1, 0.15) is 91.1 Å². The number of rotatable bonds is 19. The molecule has 0 heterocycles. The van der Waals surface area contributed by atoms with Crippen LogP contribution in [0.2, 0.25) is 0 Å². The van der Waals surface area contributed by atoms with E-state index in [9.17, 15) is 19.2 Å². The maximum absolute atomic E-state index is 12.4. The van der Waals surface area contributed by atoms with E-state index in [0.717, 1.165) is 17.5 Å². The first-order valence-electron chi connectivity index (χ1n) is 14.3. The summed E-state index contributed by atoms with van der Waals surface area (Å²) in [4.78, 5) is 49.3. The number of ketones is 3. The van der Waals surface area contributed by atoms with Crippen LogP contribution in [-0.2, 0) is 23.8 Å². The first kappa shape index (κ1) is 33.6. The molecule has 222 valence electrons. The fourth-order valence-corrected chi connectivity index (χ4v) is 3.98. The Morgan fingerprint density at radius 2 is 1.32 bits per heavy atom. The second-order valence-corrected chi connectivity index (χ2v) is 10.8. The second-order valence-electron chi connectivity index (χ2n) is 10.8. The molecule has 0 bridgehead atoms. The lowest BCUT2D eigenvalue weighted by Gasteiger charge is -2.17. The number of benzene rings is 2. The van der Waals surface area contributed by atoms with Crippen LogP contribution in [0.3, 0.4) is 0 Å². The molecule has 0 saturated heterocycles. The molecule has 7 heteroatoms. The maximum Gasteiger partial charge on any atom is 0.338 e. The monoisotopic (exact) mass is 564 g/mol. The zero-order valence-corrected chi connectivity index (χ0v) is 25.1. The highest BCUT2D eigenvalue weighted by molar-refractivity contribution is 5.96. The van der Waals surface area contributed by atoms with Gasteiger partial charge in [0.25, 0.3) is 0 Å². The predicted molar refractivity (Wildman–Crippen MR) is 159 cm³/mol. The van der Waals surface area contributed by atoms with Crippen molar-refractivity contribution in [3.63, 3.8) is 0 Å². The zero-order valence-electron chi connectivity index (χ0n) is 25.1. The number of ether oxygens (including phenoxy) is 3. The van der Waals surface area contributed by atoms with Crippen LogP contribution in [0.4, 0.5) is 0 Å². The summed E-state index contributed by atoms with van der Waals surface area (Å²) in [7, 11) is 0. The second kappa shape index (κ2) is 17.3. The summed E-state index contributed by atoms with van der Waals surface area (Å²) < 4.78 is 16.5. The Morgan fingerprint density at radius 3 is 1.93 bits per heavy atom. The van der Waals surface area contributed by atoms with Crippen molar-refractivity contribution in [3.05, 3.63) is 83.1 Å². The highest BCUT2D eigenvalue weighted by Gasteiger charge is 2.18. The maximum atomic E-state index is 12.4. The van der Waals surface area contributed by atoms with Gasteiger partial charge in [0.05, 0.1) is 12.2 Å². The van der Waals surface area contributed by atoms with Gasteiger partial charge in [0, 0.05) is 24.8 Å². The minimum Gasteiger partial charge on any atom is -0.487 e. The lowest BCUT2D eigenvalue weighted by atomic mass is 9.99. The number of Topliss-reactive ketones (excluding diaryl/α,β-unsaturated/α-hetero) is 3. The summed E-state index contributed by atoms with van der Waals surface area (Å²) in [5.74, 6) is -0.257. The summed E-state index contributed by atoms with van der Waals surface area (Å²) in [6, 6.07) is 14.6. The van der Waals surface area contributed by atoms with Gasteiger partial charge in [0.1, 0.15) is 18.5 Å². The van der Waals surface area contributed by atoms with E-state index in [1.165, 1.54) is 0 Å². The fourth-order valence-electron chi connectivity index (χ4n) is 3.98. The van der Waals surface area contributed by atoms with Crippen LogP contribution in [0, 0.1) is 19.8 Å². The van der Waals surface area contributed by atoms with Crippen molar-refractivity contribution in [2.45, 2.75) is 85.4 Å². The van der Waals surface area contributed by atoms with Crippen molar-refractivity contribution < 1.29 is 33.4 Å². The number of carbonyl (C=O) groups is 4. The van der Waals surface area contributed by atoms with Gasteiger partial charge in [0.15, 0.2) is 23.5 Å². The van der Waals surface area contributed by atoms with Gasteiger partial charge in [0.2, 0.25) is 0 Å². The Hall–Kier alpha value is -3.58. The van der Waals surface area contributed by atoms with Gasteiger partial charge in [-0.25, -0.2) is 4.79 Å². The molecule has 3 atom stereocenters. The molecule has 2 rings (SSSR count). The molecule has 0 saturated carbocycles. The van der Waals surface area contributed by atoms with Crippen molar-refractivity contribution in [2.75, 3.05) is 13.2 Å². The van der Waals surface area contributed by atoms with E-state index in [1.807, 2.05) is 57.2 Å². The molecule has 0 N–H and O–H groups in total. The number of hydrogen-bond acceptors (Lipinski definition) is 7. The molecule has 2 aromatic carbocycles. The van der Waals surface area contributed by atoms with Gasteiger partial charge >= 0.3 is 5.97 Å². The zero-order chi connectivity index (χ0) is 30.4. The van der Waals surface area contributed by atoms with Crippen LogP contribution < -0.4 is 0 Å². The van der Waals surface area contributed by atoms with Crippen molar-refractivity contribution in [1.82, 2.24) is 0 Å². The summed E-state index contributed by atoms with van der Waals surface area (Å²) >= 11 is 0.